The van der Waals surface area contributed by atoms with E-state index in [2.05, 4.69) is 33.3 Å². The van der Waals surface area contributed by atoms with Gasteiger partial charge in [-0.05, 0) is 44.3 Å². The lowest BCUT2D eigenvalue weighted by Gasteiger charge is -2.32. The number of para-hydroxylation sites is 1. The number of aryl methyl sites for hydroxylation is 1. The Morgan fingerprint density at radius 1 is 0.909 bits per heavy atom. The van der Waals surface area contributed by atoms with Gasteiger partial charge in [0, 0.05) is 72.0 Å². The molecule has 1 amide bonds. The summed E-state index contributed by atoms with van der Waals surface area (Å²) in [6.07, 6.45) is 3.69. The monoisotopic (exact) mass is 438 g/mol. The molecule has 0 unspecified atom stereocenters. The molecule has 0 spiro atoms. The molecule has 0 bridgehead atoms. The fraction of sp³-hybridized carbons (Fsp3) is 0.231. The van der Waals surface area contributed by atoms with Crippen LogP contribution in [0.5, 0.6) is 0 Å². The van der Waals surface area contributed by atoms with Crippen LogP contribution < -0.4 is 5.32 Å². The summed E-state index contributed by atoms with van der Waals surface area (Å²) in [4.78, 5) is 30.6. The van der Waals surface area contributed by atoms with Crippen molar-refractivity contribution in [3.05, 3.63) is 78.2 Å². The number of hydrogen-bond donors (Lipinski definition) is 1. The second kappa shape index (κ2) is 8.96. The summed E-state index contributed by atoms with van der Waals surface area (Å²) in [5.74, 6) is 0.584. The summed E-state index contributed by atoms with van der Waals surface area (Å²) < 4.78 is 0. The van der Waals surface area contributed by atoms with Gasteiger partial charge in [-0.15, -0.1) is 0 Å². The number of nitrogens with zero attached hydrogens (tertiary/aromatic N) is 5. The molecule has 3 heterocycles. The molecule has 0 saturated carbocycles. The summed E-state index contributed by atoms with van der Waals surface area (Å²) in [5, 5.41) is 4.23. The van der Waals surface area contributed by atoms with Crippen molar-refractivity contribution in [2.45, 2.75) is 6.92 Å². The molecule has 33 heavy (non-hydrogen) atoms. The molecule has 4 aromatic rings. The highest BCUT2D eigenvalue weighted by molar-refractivity contribution is 5.95. The summed E-state index contributed by atoms with van der Waals surface area (Å²) >= 11 is 0. The number of amides is 1. The number of likely N-dealkylation sites (N-methyl/N-ethyl adjacent to an activating group) is 1. The Bertz CT molecular complexity index is 1280. The van der Waals surface area contributed by atoms with Crippen LogP contribution in [0, 0.1) is 6.92 Å². The first kappa shape index (κ1) is 21.0. The second-order valence-electron chi connectivity index (χ2n) is 8.42. The van der Waals surface area contributed by atoms with Crippen molar-refractivity contribution in [2.75, 3.05) is 38.5 Å². The van der Waals surface area contributed by atoms with Gasteiger partial charge in [0.1, 0.15) is 0 Å². The van der Waals surface area contributed by atoms with E-state index in [1.54, 1.807) is 0 Å². The number of carbonyl (C=O) groups excluding carboxylic acids is 1. The Balaban J connectivity index is 1.36. The van der Waals surface area contributed by atoms with Gasteiger partial charge in [-0.1, -0.05) is 24.3 Å². The third kappa shape index (κ3) is 4.54. The van der Waals surface area contributed by atoms with Gasteiger partial charge in [-0.2, -0.15) is 0 Å². The van der Waals surface area contributed by atoms with Crippen molar-refractivity contribution in [1.29, 1.82) is 0 Å². The average Bonchev–Trinajstić information content (AvgIpc) is 2.85. The van der Waals surface area contributed by atoms with E-state index in [-0.39, 0.29) is 5.91 Å². The van der Waals surface area contributed by atoms with Crippen LogP contribution in [0.2, 0.25) is 0 Å². The number of carbonyl (C=O) groups is 1. The number of benzene rings is 2. The average molecular weight is 439 g/mol. The maximum Gasteiger partial charge on any atom is 0.253 e. The van der Waals surface area contributed by atoms with Crippen LogP contribution in [-0.4, -0.2) is 63.9 Å². The zero-order chi connectivity index (χ0) is 22.8. The number of rotatable bonds is 4. The molecule has 2 aromatic heterocycles. The van der Waals surface area contributed by atoms with Crippen LogP contribution in [0.1, 0.15) is 16.1 Å². The van der Waals surface area contributed by atoms with Gasteiger partial charge in [0.15, 0.2) is 0 Å². The molecule has 2 aromatic carbocycles. The highest BCUT2D eigenvalue weighted by atomic mass is 16.2. The molecule has 1 aliphatic heterocycles. The number of anilines is 2. The van der Waals surface area contributed by atoms with Gasteiger partial charge in [0.05, 0.1) is 5.52 Å². The van der Waals surface area contributed by atoms with E-state index in [0.29, 0.717) is 11.5 Å². The predicted molar refractivity (Wildman–Crippen MR) is 131 cm³/mol. The maximum atomic E-state index is 12.8. The molecule has 7 heteroatoms. The molecule has 0 atom stereocenters. The number of nitrogens with one attached hydrogen (secondary N) is 1. The Morgan fingerprint density at radius 3 is 2.42 bits per heavy atom. The highest BCUT2D eigenvalue weighted by Gasteiger charge is 2.20. The van der Waals surface area contributed by atoms with Crippen LogP contribution >= 0.6 is 0 Å². The van der Waals surface area contributed by atoms with Crippen LogP contribution in [0.25, 0.3) is 22.0 Å². The van der Waals surface area contributed by atoms with Crippen molar-refractivity contribution < 1.29 is 4.79 Å². The lowest BCUT2D eigenvalue weighted by atomic mass is 10.0. The summed E-state index contributed by atoms with van der Waals surface area (Å²) in [7, 11) is 2.08. The topological polar surface area (TPSA) is 74.2 Å². The van der Waals surface area contributed by atoms with E-state index in [4.69, 9.17) is 4.98 Å². The number of fused-ring (bicyclic) bond motifs is 1. The number of pyridine rings is 1. The van der Waals surface area contributed by atoms with Gasteiger partial charge in [0.25, 0.3) is 5.91 Å². The molecule has 0 aliphatic carbocycles. The van der Waals surface area contributed by atoms with E-state index in [9.17, 15) is 4.79 Å². The maximum absolute atomic E-state index is 12.8. The minimum atomic E-state index is 0.0768. The minimum Gasteiger partial charge on any atom is -0.336 e. The minimum absolute atomic E-state index is 0.0768. The predicted octanol–water partition coefficient (Wildman–Crippen LogP) is 4.13. The first-order chi connectivity index (χ1) is 16.1. The Morgan fingerprint density at radius 2 is 1.70 bits per heavy atom. The fourth-order valence-corrected chi connectivity index (χ4v) is 3.99. The van der Waals surface area contributed by atoms with E-state index < -0.39 is 0 Å². The molecule has 1 saturated heterocycles. The van der Waals surface area contributed by atoms with Gasteiger partial charge < -0.3 is 15.1 Å². The van der Waals surface area contributed by atoms with Crippen molar-refractivity contribution >= 4 is 28.4 Å². The Hall–Kier alpha value is -3.84. The molecule has 1 N–H and O–H groups in total. The van der Waals surface area contributed by atoms with Crippen molar-refractivity contribution in [3.63, 3.8) is 0 Å². The Labute approximate surface area is 193 Å². The van der Waals surface area contributed by atoms with E-state index >= 15 is 0 Å². The number of aromatic nitrogens is 3. The molecular weight excluding hydrogens is 412 g/mol. The zero-order valence-corrected chi connectivity index (χ0v) is 18.8. The molecular formula is C26H26N6O. The van der Waals surface area contributed by atoms with Gasteiger partial charge >= 0.3 is 0 Å². The number of hydrogen-bond acceptors (Lipinski definition) is 6. The summed E-state index contributed by atoms with van der Waals surface area (Å²) in [6, 6.07) is 17.6. The lowest BCUT2D eigenvalue weighted by Crippen LogP contribution is -2.47. The van der Waals surface area contributed by atoms with E-state index in [1.807, 2.05) is 72.7 Å². The summed E-state index contributed by atoms with van der Waals surface area (Å²) in [5.41, 5.74) is 5.40. The smallest absolute Gasteiger partial charge is 0.253 e. The van der Waals surface area contributed by atoms with Gasteiger partial charge in [-0.25, -0.2) is 9.97 Å². The Kier molecular flexibility index (Phi) is 5.71. The first-order valence-electron chi connectivity index (χ1n) is 11.1. The fourth-order valence-electron chi connectivity index (χ4n) is 3.99. The molecule has 0 radical (unpaired) electrons. The van der Waals surface area contributed by atoms with Crippen LogP contribution in [0.4, 0.5) is 11.6 Å². The van der Waals surface area contributed by atoms with Crippen LogP contribution in [0.15, 0.2) is 67.0 Å². The third-order valence-corrected chi connectivity index (χ3v) is 6.01. The lowest BCUT2D eigenvalue weighted by molar-refractivity contribution is 0.0664. The van der Waals surface area contributed by atoms with Crippen molar-refractivity contribution in [2.24, 2.45) is 0 Å². The quantitative estimate of drug-likeness (QED) is 0.516. The zero-order valence-electron chi connectivity index (χ0n) is 18.8. The standard InChI is InChI=1S/C26H26N6O/c1-18-6-7-20(16-27-18)23-5-3-4-21-17-28-26(30-24(21)23)29-22-10-8-19(9-11-22)25(33)32-14-12-31(2)13-15-32/h3-11,16-17H,12-15H2,1-2H3,(H,28,29,30). The van der Waals surface area contributed by atoms with Gasteiger partial charge in [0.2, 0.25) is 5.95 Å². The van der Waals surface area contributed by atoms with Crippen molar-refractivity contribution in [3.8, 4) is 11.1 Å². The van der Waals surface area contributed by atoms with Crippen molar-refractivity contribution in [1.82, 2.24) is 24.8 Å². The molecule has 5 rings (SSSR count). The van der Waals surface area contributed by atoms with Gasteiger partial charge in [-0.3, -0.25) is 9.78 Å². The normalized spacial score (nSPS) is 14.4. The van der Waals surface area contributed by atoms with Crippen LogP contribution in [-0.2, 0) is 0 Å². The van der Waals surface area contributed by atoms with E-state index in [0.717, 1.165) is 59.6 Å². The third-order valence-electron chi connectivity index (χ3n) is 6.01. The summed E-state index contributed by atoms with van der Waals surface area (Å²) in [6.45, 7) is 5.32. The SMILES string of the molecule is Cc1ccc(-c2cccc3cnc(Nc4ccc(C(=O)N5CCN(C)CC5)cc4)nc23)cn1. The molecule has 7 nitrogen and oxygen atoms in total. The second-order valence-corrected chi connectivity index (χ2v) is 8.42. The first-order valence-corrected chi connectivity index (χ1v) is 11.1. The van der Waals surface area contributed by atoms with E-state index in [1.165, 1.54) is 0 Å². The molecule has 1 aliphatic rings. The largest absolute Gasteiger partial charge is 0.336 e. The van der Waals surface area contributed by atoms with Crippen LogP contribution in [0.3, 0.4) is 0 Å². The highest BCUT2D eigenvalue weighted by Crippen LogP contribution is 2.28. The molecule has 1 fully saturated rings. The number of piperazine rings is 1. The molecule has 166 valence electrons.